The van der Waals surface area contributed by atoms with Crippen LogP contribution < -0.4 is 0 Å². The van der Waals surface area contributed by atoms with Crippen molar-refractivity contribution in [1.82, 2.24) is 0 Å². The van der Waals surface area contributed by atoms with E-state index in [-0.39, 0.29) is 0 Å². The Morgan fingerprint density at radius 3 is 2.55 bits per heavy atom. The summed E-state index contributed by atoms with van der Waals surface area (Å²) < 4.78 is 0. The molecule has 60 valence electrons. The molecule has 0 aromatic heterocycles. The van der Waals surface area contributed by atoms with E-state index >= 15 is 0 Å². The van der Waals surface area contributed by atoms with E-state index in [2.05, 4.69) is 22.9 Å². The maximum atomic E-state index is 9.23. The molecule has 0 aliphatic rings. The van der Waals surface area contributed by atoms with E-state index in [4.69, 9.17) is 0 Å². The van der Waals surface area contributed by atoms with Gasteiger partial charge in [0.05, 0.1) is 0 Å². The van der Waals surface area contributed by atoms with Gasteiger partial charge in [0.25, 0.3) is 0 Å². The van der Waals surface area contributed by atoms with Gasteiger partial charge in [0.1, 0.15) is 5.75 Å². The first-order valence-corrected chi connectivity index (χ1v) is 4.62. The number of alkyl halides is 1. The third kappa shape index (κ3) is 1.74. The van der Waals surface area contributed by atoms with Crippen molar-refractivity contribution in [3.8, 4) is 5.75 Å². The number of benzene rings is 1. The summed E-state index contributed by atoms with van der Waals surface area (Å²) in [4.78, 5) is 0. The highest BCUT2D eigenvalue weighted by atomic mass is 79.9. The summed E-state index contributed by atoms with van der Waals surface area (Å²) >= 11 is 3.37. The first-order valence-electron chi connectivity index (χ1n) is 3.50. The van der Waals surface area contributed by atoms with Crippen molar-refractivity contribution in [2.45, 2.75) is 19.2 Å². The summed E-state index contributed by atoms with van der Waals surface area (Å²) in [6.07, 6.45) is 0. The summed E-state index contributed by atoms with van der Waals surface area (Å²) in [6, 6.07) is 3.57. The Kier molecular flexibility index (Phi) is 2.55. The second-order valence-corrected chi connectivity index (χ2v) is 3.24. The number of aryl methyl sites for hydroxylation is 1. The smallest absolute Gasteiger partial charge is 0.116 e. The molecule has 0 aliphatic carbocycles. The zero-order valence-corrected chi connectivity index (χ0v) is 8.27. The summed E-state index contributed by atoms with van der Waals surface area (Å²) in [5.41, 5.74) is 3.54. The first-order chi connectivity index (χ1) is 5.15. The van der Waals surface area contributed by atoms with Crippen LogP contribution in [0.25, 0.3) is 0 Å². The average molecular weight is 215 g/mol. The monoisotopic (exact) mass is 214 g/mol. The van der Waals surface area contributed by atoms with Crippen LogP contribution in [-0.4, -0.2) is 5.11 Å². The zero-order valence-electron chi connectivity index (χ0n) is 6.69. The molecule has 1 nitrogen and oxygen atoms in total. The predicted octanol–water partition coefficient (Wildman–Crippen LogP) is 2.90. The molecule has 0 saturated heterocycles. The number of halogens is 1. The van der Waals surface area contributed by atoms with E-state index in [1.807, 2.05) is 6.92 Å². The first kappa shape index (κ1) is 8.60. The number of phenolic OH excluding ortho intramolecular Hbond substituents is 1. The molecule has 0 spiro atoms. The Bertz CT molecular complexity index is 269. The molecule has 2 heteroatoms. The number of hydrogen-bond donors (Lipinski definition) is 1. The summed E-state index contributed by atoms with van der Waals surface area (Å²) in [5.74, 6) is 0.350. The van der Waals surface area contributed by atoms with Crippen molar-refractivity contribution in [2.24, 2.45) is 0 Å². The molecule has 11 heavy (non-hydrogen) atoms. The minimum Gasteiger partial charge on any atom is -0.508 e. The number of rotatable bonds is 1. The van der Waals surface area contributed by atoms with Crippen LogP contribution in [0.3, 0.4) is 0 Å². The van der Waals surface area contributed by atoms with Crippen molar-refractivity contribution >= 4 is 15.9 Å². The van der Waals surface area contributed by atoms with E-state index in [0.717, 1.165) is 16.5 Å². The van der Waals surface area contributed by atoms with Gasteiger partial charge in [-0.2, -0.15) is 0 Å². The molecule has 1 aromatic rings. The molecule has 0 atom stereocenters. The molecular formula is C9H11BrO. The van der Waals surface area contributed by atoms with E-state index in [0.29, 0.717) is 5.75 Å². The Hall–Kier alpha value is -0.500. The van der Waals surface area contributed by atoms with E-state index in [1.54, 1.807) is 12.1 Å². The van der Waals surface area contributed by atoms with Gasteiger partial charge in [-0.1, -0.05) is 15.9 Å². The van der Waals surface area contributed by atoms with Crippen molar-refractivity contribution in [2.75, 3.05) is 0 Å². The third-order valence-electron chi connectivity index (χ3n) is 1.90. The topological polar surface area (TPSA) is 20.2 Å². The molecule has 0 aliphatic heterocycles. The van der Waals surface area contributed by atoms with Crippen LogP contribution in [-0.2, 0) is 5.33 Å². The van der Waals surface area contributed by atoms with Crippen LogP contribution >= 0.6 is 15.9 Å². The fourth-order valence-electron chi connectivity index (χ4n) is 1.05. The van der Waals surface area contributed by atoms with E-state index < -0.39 is 0 Å². The van der Waals surface area contributed by atoms with Gasteiger partial charge in [-0.15, -0.1) is 0 Å². The number of phenols is 1. The van der Waals surface area contributed by atoms with Gasteiger partial charge in [0.15, 0.2) is 0 Å². The molecule has 0 heterocycles. The van der Waals surface area contributed by atoms with Crippen LogP contribution in [0.5, 0.6) is 5.75 Å². The van der Waals surface area contributed by atoms with Gasteiger partial charge in [0.2, 0.25) is 0 Å². The number of hydrogen-bond acceptors (Lipinski definition) is 1. The van der Waals surface area contributed by atoms with E-state index in [9.17, 15) is 5.11 Å². The quantitative estimate of drug-likeness (QED) is 0.714. The molecule has 0 saturated carbocycles. The number of aromatic hydroxyl groups is 1. The lowest BCUT2D eigenvalue weighted by molar-refractivity contribution is 0.474. The fourth-order valence-corrected chi connectivity index (χ4v) is 1.63. The minimum atomic E-state index is 0.350. The lowest BCUT2D eigenvalue weighted by atomic mass is 10.0. The molecule has 0 fully saturated rings. The highest BCUT2D eigenvalue weighted by Gasteiger charge is 2.01. The molecule has 0 amide bonds. The minimum absolute atomic E-state index is 0.350. The zero-order chi connectivity index (χ0) is 8.43. The molecular weight excluding hydrogens is 204 g/mol. The fraction of sp³-hybridized carbons (Fsp3) is 0.333. The summed E-state index contributed by atoms with van der Waals surface area (Å²) in [6.45, 7) is 4.06. The maximum absolute atomic E-state index is 9.23. The third-order valence-corrected chi connectivity index (χ3v) is 2.51. The Labute approximate surface area is 75.2 Å². The van der Waals surface area contributed by atoms with Gasteiger partial charge in [0, 0.05) is 5.33 Å². The standard InChI is InChI=1S/C9H11BrO/c1-6-3-9(11)4-8(5-10)7(6)2/h3-4,11H,5H2,1-2H3. The van der Waals surface area contributed by atoms with E-state index in [1.165, 1.54) is 5.56 Å². The van der Waals surface area contributed by atoms with Crippen molar-refractivity contribution in [3.05, 3.63) is 28.8 Å². The molecule has 0 unspecified atom stereocenters. The normalized spacial score (nSPS) is 10.1. The van der Waals surface area contributed by atoms with Gasteiger partial charge >= 0.3 is 0 Å². The highest BCUT2D eigenvalue weighted by Crippen LogP contribution is 2.22. The van der Waals surface area contributed by atoms with Crippen molar-refractivity contribution in [1.29, 1.82) is 0 Å². The van der Waals surface area contributed by atoms with Crippen molar-refractivity contribution < 1.29 is 5.11 Å². The Morgan fingerprint density at radius 1 is 1.36 bits per heavy atom. The van der Waals surface area contributed by atoms with Gasteiger partial charge < -0.3 is 5.11 Å². The van der Waals surface area contributed by atoms with Gasteiger partial charge in [-0.05, 0) is 42.7 Å². The lowest BCUT2D eigenvalue weighted by Gasteiger charge is -2.06. The van der Waals surface area contributed by atoms with Crippen molar-refractivity contribution in [3.63, 3.8) is 0 Å². The second kappa shape index (κ2) is 3.26. The molecule has 0 radical (unpaired) electrons. The molecule has 0 bridgehead atoms. The van der Waals surface area contributed by atoms with Crippen LogP contribution in [0, 0.1) is 13.8 Å². The van der Waals surface area contributed by atoms with Crippen LogP contribution in [0.2, 0.25) is 0 Å². The van der Waals surface area contributed by atoms with Crippen LogP contribution in [0.1, 0.15) is 16.7 Å². The SMILES string of the molecule is Cc1cc(O)cc(CBr)c1C. The molecule has 1 aromatic carbocycles. The average Bonchev–Trinajstić information content (AvgIpc) is 1.96. The largest absolute Gasteiger partial charge is 0.508 e. The maximum Gasteiger partial charge on any atom is 0.116 e. The summed E-state index contributed by atoms with van der Waals surface area (Å²) in [7, 11) is 0. The second-order valence-electron chi connectivity index (χ2n) is 2.68. The lowest BCUT2D eigenvalue weighted by Crippen LogP contribution is -1.87. The Morgan fingerprint density at radius 2 is 2.00 bits per heavy atom. The van der Waals surface area contributed by atoms with Crippen LogP contribution in [0.15, 0.2) is 12.1 Å². The van der Waals surface area contributed by atoms with Gasteiger partial charge in [-0.3, -0.25) is 0 Å². The Balaban J connectivity index is 3.24. The van der Waals surface area contributed by atoms with Crippen LogP contribution in [0.4, 0.5) is 0 Å². The van der Waals surface area contributed by atoms with Gasteiger partial charge in [-0.25, -0.2) is 0 Å². The highest BCUT2D eigenvalue weighted by molar-refractivity contribution is 9.08. The predicted molar refractivity (Wildman–Crippen MR) is 50.2 cm³/mol. The molecule has 1 rings (SSSR count). The summed E-state index contributed by atoms with van der Waals surface area (Å²) in [5, 5.41) is 10.0. The molecule has 1 N–H and O–H groups in total.